The van der Waals surface area contributed by atoms with E-state index in [9.17, 15) is 0 Å². The minimum Gasteiger partial charge on any atom is -0.383 e. The summed E-state index contributed by atoms with van der Waals surface area (Å²) in [6, 6.07) is 0.775. The van der Waals surface area contributed by atoms with Crippen molar-refractivity contribution in [2.75, 3.05) is 26.8 Å². The van der Waals surface area contributed by atoms with Gasteiger partial charge in [0.2, 0.25) is 0 Å². The van der Waals surface area contributed by atoms with Crippen molar-refractivity contribution in [1.82, 2.24) is 14.5 Å². The van der Waals surface area contributed by atoms with Gasteiger partial charge in [-0.15, -0.1) is 0 Å². The van der Waals surface area contributed by atoms with E-state index in [4.69, 9.17) is 10.5 Å². The fourth-order valence-electron chi connectivity index (χ4n) is 2.80. The smallest absolute Gasteiger partial charge is 0.0946 e. The Morgan fingerprint density at radius 1 is 1.58 bits per heavy atom. The third-order valence-corrected chi connectivity index (χ3v) is 4.20. The summed E-state index contributed by atoms with van der Waals surface area (Å²) in [5.41, 5.74) is 7.23. The van der Waals surface area contributed by atoms with Gasteiger partial charge in [-0.3, -0.25) is 4.90 Å². The van der Waals surface area contributed by atoms with Crippen LogP contribution in [0.3, 0.4) is 0 Å². The van der Waals surface area contributed by atoms with Gasteiger partial charge in [-0.1, -0.05) is 0 Å². The van der Waals surface area contributed by atoms with E-state index < -0.39 is 0 Å². The molecule has 2 unspecified atom stereocenters. The van der Waals surface area contributed by atoms with Crippen LogP contribution in [0.4, 0.5) is 0 Å². The molecule has 0 saturated heterocycles. The van der Waals surface area contributed by atoms with E-state index in [0.29, 0.717) is 12.6 Å². The number of nitrogens with zero attached hydrogens (tertiary/aromatic N) is 3. The quantitative estimate of drug-likeness (QED) is 0.767. The number of rotatable bonds is 8. The van der Waals surface area contributed by atoms with Crippen molar-refractivity contribution in [2.24, 2.45) is 18.7 Å². The third-order valence-electron chi connectivity index (χ3n) is 4.20. The van der Waals surface area contributed by atoms with Crippen LogP contribution in [0, 0.1) is 5.92 Å². The SMILES string of the molecule is COCCN(C(CN)c1cncn1C)C(C)C1CC1. The molecule has 0 spiro atoms. The van der Waals surface area contributed by atoms with Gasteiger partial charge in [-0.25, -0.2) is 4.98 Å². The predicted molar refractivity (Wildman–Crippen MR) is 75.8 cm³/mol. The Labute approximate surface area is 115 Å². The summed E-state index contributed by atoms with van der Waals surface area (Å²) >= 11 is 0. The maximum Gasteiger partial charge on any atom is 0.0946 e. The first-order valence-corrected chi connectivity index (χ1v) is 7.10. The Kier molecular flexibility index (Phi) is 4.96. The Morgan fingerprint density at radius 2 is 2.32 bits per heavy atom. The van der Waals surface area contributed by atoms with Crippen LogP contribution in [-0.2, 0) is 11.8 Å². The molecule has 1 aliphatic carbocycles. The zero-order valence-electron chi connectivity index (χ0n) is 12.2. The molecule has 0 aliphatic heterocycles. The summed E-state index contributed by atoms with van der Waals surface area (Å²) < 4.78 is 7.33. The molecule has 0 bridgehead atoms. The van der Waals surface area contributed by atoms with Gasteiger partial charge in [0, 0.05) is 39.5 Å². The Morgan fingerprint density at radius 3 is 2.79 bits per heavy atom. The molecule has 1 aromatic heterocycles. The average Bonchev–Trinajstić information content (AvgIpc) is 3.18. The van der Waals surface area contributed by atoms with E-state index in [1.165, 1.54) is 18.5 Å². The lowest BCUT2D eigenvalue weighted by molar-refractivity contribution is 0.0808. The topological polar surface area (TPSA) is 56.3 Å². The van der Waals surface area contributed by atoms with Gasteiger partial charge in [0.25, 0.3) is 0 Å². The second kappa shape index (κ2) is 6.50. The lowest BCUT2D eigenvalue weighted by Crippen LogP contribution is -2.43. The van der Waals surface area contributed by atoms with Crippen molar-refractivity contribution in [3.63, 3.8) is 0 Å². The maximum atomic E-state index is 6.04. The van der Waals surface area contributed by atoms with Crippen LogP contribution in [0.25, 0.3) is 0 Å². The summed E-state index contributed by atoms with van der Waals surface area (Å²) in [5.74, 6) is 0.819. The van der Waals surface area contributed by atoms with Gasteiger partial charge in [0.05, 0.1) is 24.7 Å². The maximum absolute atomic E-state index is 6.04. The fraction of sp³-hybridized carbons (Fsp3) is 0.786. The van der Waals surface area contributed by atoms with E-state index in [0.717, 1.165) is 19.1 Å². The summed E-state index contributed by atoms with van der Waals surface area (Å²) in [6.45, 7) is 4.58. The predicted octanol–water partition coefficient (Wildman–Crippen LogP) is 1.17. The first kappa shape index (κ1) is 14.5. The molecule has 1 saturated carbocycles. The Bertz CT molecular complexity index is 389. The number of nitrogens with two attached hydrogens (primary N) is 1. The molecule has 0 aromatic carbocycles. The highest BCUT2D eigenvalue weighted by atomic mass is 16.5. The zero-order chi connectivity index (χ0) is 13.8. The minimum absolute atomic E-state index is 0.221. The normalized spacial score (nSPS) is 18.8. The van der Waals surface area contributed by atoms with Crippen LogP contribution in [-0.4, -0.2) is 47.3 Å². The van der Waals surface area contributed by atoms with Crippen LogP contribution < -0.4 is 5.73 Å². The van der Waals surface area contributed by atoms with E-state index in [1.807, 2.05) is 19.6 Å². The highest BCUT2D eigenvalue weighted by Gasteiger charge is 2.35. The molecule has 0 radical (unpaired) electrons. The lowest BCUT2D eigenvalue weighted by atomic mass is 10.1. The van der Waals surface area contributed by atoms with E-state index in [-0.39, 0.29) is 6.04 Å². The molecule has 108 valence electrons. The molecule has 19 heavy (non-hydrogen) atoms. The molecule has 1 aromatic rings. The fourth-order valence-corrected chi connectivity index (χ4v) is 2.80. The van der Waals surface area contributed by atoms with Crippen molar-refractivity contribution in [3.05, 3.63) is 18.2 Å². The first-order chi connectivity index (χ1) is 9.19. The molecule has 1 heterocycles. The highest BCUT2D eigenvalue weighted by Crippen LogP contribution is 2.37. The Balaban J connectivity index is 2.16. The summed E-state index contributed by atoms with van der Waals surface area (Å²) in [5, 5.41) is 0. The minimum atomic E-state index is 0.221. The second-order valence-corrected chi connectivity index (χ2v) is 5.49. The summed E-state index contributed by atoms with van der Waals surface area (Å²) in [7, 11) is 3.78. The van der Waals surface area contributed by atoms with E-state index in [2.05, 4.69) is 21.4 Å². The first-order valence-electron chi connectivity index (χ1n) is 7.10. The van der Waals surface area contributed by atoms with Gasteiger partial charge in [0.1, 0.15) is 0 Å². The number of imidazole rings is 1. The van der Waals surface area contributed by atoms with E-state index in [1.54, 1.807) is 7.11 Å². The van der Waals surface area contributed by atoms with Crippen LogP contribution in [0.2, 0.25) is 0 Å². The molecule has 0 amide bonds. The second-order valence-electron chi connectivity index (χ2n) is 5.49. The van der Waals surface area contributed by atoms with Crippen molar-refractivity contribution in [2.45, 2.75) is 31.8 Å². The van der Waals surface area contributed by atoms with Gasteiger partial charge < -0.3 is 15.0 Å². The van der Waals surface area contributed by atoms with Crippen molar-refractivity contribution in [1.29, 1.82) is 0 Å². The van der Waals surface area contributed by atoms with Gasteiger partial charge >= 0.3 is 0 Å². The molecule has 1 fully saturated rings. The zero-order valence-corrected chi connectivity index (χ0v) is 12.2. The standard InChI is InChI=1S/C14H26N4O/c1-11(12-4-5-12)18(6-7-19-3)13(8-15)14-9-16-10-17(14)2/h9-13H,4-8,15H2,1-3H3. The molecule has 5 heteroatoms. The van der Waals surface area contributed by atoms with Crippen molar-refractivity contribution < 1.29 is 4.74 Å². The number of ether oxygens (including phenoxy) is 1. The Hall–Kier alpha value is -0.910. The number of methoxy groups -OCH3 is 1. The number of hydrogen-bond acceptors (Lipinski definition) is 4. The molecule has 1 aliphatic rings. The van der Waals surface area contributed by atoms with Crippen LogP contribution in [0.5, 0.6) is 0 Å². The molecule has 2 N–H and O–H groups in total. The van der Waals surface area contributed by atoms with Crippen LogP contribution in [0.15, 0.2) is 12.5 Å². The molecular formula is C14H26N4O. The van der Waals surface area contributed by atoms with Gasteiger partial charge in [-0.2, -0.15) is 0 Å². The van der Waals surface area contributed by atoms with Crippen LogP contribution >= 0.6 is 0 Å². The number of aromatic nitrogens is 2. The summed E-state index contributed by atoms with van der Waals surface area (Å²) in [6.07, 6.45) is 6.45. The van der Waals surface area contributed by atoms with Gasteiger partial charge in [0.15, 0.2) is 0 Å². The van der Waals surface area contributed by atoms with Crippen LogP contribution in [0.1, 0.15) is 31.5 Å². The molecule has 2 rings (SSSR count). The van der Waals surface area contributed by atoms with E-state index >= 15 is 0 Å². The van der Waals surface area contributed by atoms with Gasteiger partial charge in [-0.05, 0) is 25.7 Å². The number of hydrogen-bond donors (Lipinski definition) is 1. The molecular weight excluding hydrogens is 240 g/mol. The summed E-state index contributed by atoms with van der Waals surface area (Å²) in [4.78, 5) is 6.71. The highest BCUT2D eigenvalue weighted by molar-refractivity contribution is 5.07. The molecule has 2 atom stereocenters. The molecule has 5 nitrogen and oxygen atoms in total. The monoisotopic (exact) mass is 266 g/mol. The lowest BCUT2D eigenvalue weighted by Gasteiger charge is -2.36. The average molecular weight is 266 g/mol. The number of aryl methyl sites for hydroxylation is 1. The van der Waals surface area contributed by atoms with Crippen molar-refractivity contribution >= 4 is 0 Å². The van der Waals surface area contributed by atoms with Crippen molar-refractivity contribution in [3.8, 4) is 0 Å². The third kappa shape index (κ3) is 3.35. The largest absolute Gasteiger partial charge is 0.383 e.